The number of hydrogen-bond donors (Lipinski definition) is 2. The van der Waals surface area contributed by atoms with Gasteiger partial charge in [0.2, 0.25) is 5.91 Å². The summed E-state index contributed by atoms with van der Waals surface area (Å²) >= 11 is 0. The summed E-state index contributed by atoms with van der Waals surface area (Å²) in [5.41, 5.74) is -0.366. The summed E-state index contributed by atoms with van der Waals surface area (Å²) in [4.78, 5) is 24.0. The van der Waals surface area contributed by atoms with E-state index in [-0.39, 0.29) is 5.91 Å². The second-order valence-corrected chi connectivity index (χ2v) is 7.10. The Morgan fingerprint density at radius 1 is 1.04 bits per heavy atom. The molecule has 1 aromatic rings. The number of rotatable bonds is 6. The summed E-state index contributed by atoms with van der Waals surface area (Å²) in [7, 11) is 0. The molecule has 0 fully saturated rings. The summed E-state index contributed by atoms with van der Waals surface area (Å²) < 4.78 is 5.18. The molecule has 0 saturated heterocycles. The number of hydrogen-bond acceptors (Lipinski definition) is 3. The van der Waals surface area contributed by atoms with E-state index >= 15 is 0 Å². The van der Waals surface area contributed by atoms with Gasteiger partial charge in [-0.1, -0.05) is 30.3 Å². The van der Waals surface area contributed by atoms with Crippen LogP contribution in [0.15, 0.2) is 30.3 Å². The average molecular weight is 320 g/mol. The summed E-state index contributed by atoms with van der Waals surface area (Å²) in [6.45, 7) is 9.22. The number of alkyl carbamates (subject to hydrolysis) is 1. The van der Waals surface area contributed by atoms with Crippen LogP contribution < -0.4 is 10.6 Å². The van der Waals surface area contributed by atoms with Gasteiger partial charge in [0.25, 0.3) is 0 Å². The third kappa shape index (κ3) is 7.68. The Bertz CT molecular complexity index is 519. The van der Waals surface area contributed by atoms with E-state index in [0.29, 0.717) is 6.54 Å². The van der Waals surface area contributed by atoms with Gasteiger partial charge in [0, 0.05) is 6.54 Å². The SMILES string of the molecule is CC(C)(C)OC(=O)NC(C)(C)C(=O)NCCCc1ccccc1. The van der Waals surface area contributed by atoms with Gasteiger partial charge >= 0.3 is 6.09 Å². The third-order valence-electron chi connectivity index (χ3n) is 3.15. The Balaban J connectivity index is 2.35. The Kier molecular flexibility index (Phi) is 6.61. The second kappa shape index (κ2) is 7.99. The first kappa shape index (κ1) is 19.0. The Hall–Kier alpha value is -2.04. The molecule has 0 aliphatic rings. The molecular weight excluding hydrogens is 292 g/mol. The fourth-order valence-corrected chi connectivity index (χ4v) is 1.98. The van der Waals surface area contributed by atoms with Crippen molar-refractivity contribution in [3.8, 4) is 0 Å². The Morgan fingerprint density at radius 3 is 2.22 bits per heavy atom. The largest absolute Gasteiger partial charge is 0.444 e. The van der Waals surface area contributed by atoms with E-state index in [1.165, 1.54) is 5.56 Å². The summed E-state index contributed by atoms with van der Waals surface area (Å²) in [6.07, 6.45) is 1.15. The molecule has 5 heteroatoms. The molecular formula is C18H28N2O3. The fraction of sp³-hybridized carbons (Fsp3) is 0.556. The first-order valence-electron chi connectivity index (χ1n) is 7.93. The van der Waals surface area contributed by atoms with Gasteiger partial charge in [-0.25, -0.2) is 4.79 Å². The molecule has 0 heterocycles. The number of nitrogens with one attached hydrogen (secondary N) is 2. The van der Waals surface area contributed by atoms with Gasteiger partial charge < -0.3 is 15.4 Å². The number of aryl methyl sites for hydroxylation is 1. The van der Waals surface area contributed by atoms with Gasteiger partial charge in [0.1, 0.15) is 11.1 Å². The molecule has 0 radical (unpaired) electrons. The average Bonchev–Trinajstić information content (AvgIpc) is 2.41. The highest BCUT2D eigenvalue weighted by molar-refractivity contribution is 5.89. The lowest BCUT2D eigenvalue weighted by atomic mass is 10.0. The Labute approximate surface area is 138 Å². The number of ether oxygens (including phenoxy) is 1. The summed E-state index contributed by atoms with van der Waals surface area (Å²) in [5.74, 6) is -0.226. The lowest BCUT2D eigenvalue weighted by Crippen LogP contribution is -2.55. The highest BCUT2D eigenvalue weighted by Gasteiger charge is 2.31. The zero-order chi connectivity index (χ0) is 17.5. The maximum Gasteiger partial charge on any atom is 0.408 e. The van der Waals surface area contributed by atoms with E-state index in [0.717, 1.165) is 12.8 Å². The molecule has 0 unspecified atom stereocenters. The van der Waals surface area contributed by atoms with Crippen LogP contribution in [0.5, 0.6) is 0 Å². The van der Waals surface area contributed by atoms with Crippen molar-refractivity contribution in [2.75, 3.05) is 6.54 Å². The van der Waals surface area contributed by atoms with Crippen LogP contribution in [0.3, 0.4) is 0 Å². The van der Waals surface area contributed by atoms with Crippen LogP contribution in [-0.4, -0.2) is 29.7 Å². The lowest BCUT2D eigenvalue weighted by molar-refractivity contribution is -0.126. The van der Waals surface area contributed by atoms with Gasteiger partial charge in [-0.3, -0.25) is 4.79 Å². The van der Waals surface area contributed by atoms with E-state index in [2.05, 4.69) is 22.8 Å². The van der Waals surface area contributed by atoms with E-state index in [1.807, 2.05) is 18.2 Å². The molecule has 23 heavy (non-hydrogen) atoms. The monoisotopic (exact) mass is 320 g/mol. The summed E-state index contributed by atoms with van der Waals surface area (Å²) in [5, 5.41) is 5.45. The van der Waals surface area contributed by atoms with Crippen molar-refractivity contribution in [2.45, 2.75) is 58.6 Å². The van der Waals surface area contributed by atoms with Crippen LogP contribution >= 0.6 is 0 Å². The molecule has 0 spiro atoms. The smallest absolute Gasteiger partial charge is 0.408 e. The van der Waals surface area contributed by atoms with Gasteiger partial charge in [0.15, 0.2) is 0 Å². The zero-order valence-corrected chi connectivity index (χ0v) is 14.7. The molecule has 5 nitrogen and oxygen atoms in total. The van der Waals surface area contributed by atoms with E-state index in [1.54, 1.807) is 34.6 Å². The van der Waals surface area contributed by atoms with Crippen LogP contribution in [0.1, 0.15) is 46.6 Å². The van der Waals surface area contributed by atoms with Crippen LogP contribution in [-0.2, 0) is 16.0 Å². The minimum atomic E-state index is -1.02. The van der Waals surface area contributed by atoms with Crippen molar-refractivity contribution in [1.82, 2.24) is 10.6 Å². The molecule has 0 saturated carbocycles. The van der Waals surface area contributed by atoms with Gasteiger partial charge in [-0.2, -0.15) is 0 Å². The number of carbonyl (C=O) groups excluding carboxylic acids is 2. The molecule has 0 aliphatic heterocycles. The van der Waals surface area contributed by atoms with Gasteiger partial charge in [-0.05, 0) is 53.0 Å². The van der Waals surface area contributed by atoms with Crippen molar-refractivity contribution in [3.63, 3.8) is 0 Å². The van der Waals surface area contributed by atoms with Gasteiger partial charge in [0.05, 0.1) is 0 Å². The predicted octanol–water partition coefficient (Wildman–Crippen LogP) is 3.04. The van der Waals surface area contributed by atoms with Crippen molar-refractivity contribution < 1.29 is 14.3 Å². The molecule has 0 aliphatic carbocycles. The standard InChI is InChI=1S/C18H28N2O3/c1-17(2,3)23-16(22)20-18(4,5)15(21)19-13-9-12-14-10-7-6-8-11-14/h6-8,10-11H,9,12-13H2,1-5H3,(H,19,21)(H,20,22). The van der Waals surface area contributed by atoms with Crippen LogP contribution in [0.25, 0.3) is 0 Å². The molecule has 2 N–H and O–H groups in total. The van der Waals surface area contributed by atoms with Crippen molar-refractivity contribution in [3.05, 3.63) is 35.9 Å². The molecule has 2 amide bonds. The normalized spacial score (nSPS) is 11.7. The molecule has 0 atom stereocenters. The Morgan fingerprint density at radius 2 is 1.65 bits per heavy atom. The molecule has 1 rings (SSSR count). The van der Waals surface area contributed by atoms with Crippen LogP contribution in [0.4, 0.5) is 4.79 Å². The minimum Gasteiger partial charge on any atom is -0.444 e. The highest BCUT2D eigenvalue weighted by atomic mass is 16.6. The predicted molar refractivity (Wildman–Crippen MR) is 91.2 cm³/mol. The zero-order valence-electron chi connectivity index (χ0n) is 14.7. The van der Waals surface area contributed by atoms with E-state index in [9.17, 15) is 9.59 Å². The van der Waals surface area contributed by atoms with Crippen molar-refractivity contribution in [1.29, 1.82) is 0 Å². The van der Waals surface area contributed by atoms with Crippen molar-refractivity contribution >= 4 is 12.0 Å². The molecule has 128 valence electrons. The first-order valence-corrected chi connectivity index (χ1v) is 7.93. The molecule has 0 bridgehead atoms. The highest BCUT2D eigenvalue weighted by Crippen LogP contribution is 2.10. The minimum absolute atomic E-state index is 0.226. The number of amides is 2. The van der Waals surface area contributed by atoms with Crippen molar-refractivity contribution in [2.24, 2.45) is 0 Å². The maximum atomic E-state index is 12.2. The molecule has 1 aromatic carbocycles. The van der Waals surface area contributed by atoms with Crippen LogP contribution in [0, 0.1) is 0 Å². The topological polar surface area (TPSA) is 67.4 Å². The first-order chi connectivity index (χ1) is 10.6. The second-order valence-electron chi connectivity index (χ2n) is 7.10. The van der Waals surface area contributed by atoms with Gasteiger partial charge in [-0.15, -0.1) is 0 Å². The maximum absolute atomic E-state index is 12.2. The molecule has 0 aromatic heterocycles. The van der Waals surface area contributed by atoms with E-state index < -0.39 is 17.2 Å². The van der Waals surface area contributed by atoms with Crippen LogP contribution in [0.2, 0.25) is 0 Å². The van der Waals surface area contributed by atoms with E-state index in [4.69, 9.17) is 4.74 Å². The fourth-order valence-electron chi connectivity index (χ4n) is 1.98. The quantitative estimate of drug-likeness (QED) is 0.792. The number of carbonyl (C=O) groups is 2. The third-order valence-corrected chi connectivity index (χ3v) is 3.15. The summed E-state index contributed by atoms with van der Waals surface area (Å²) in [6, 6.07) is 10.1. The lowest BCUT2D eigenvalue weighted by Gasteiger charge is -2.27. The number of benzene rings is 1.